The molecule has 0 aliphatic carbocycles. The number of nitrogens with zero attached hydrogens (tertiary/aromatic N) is 1. The van der Waals surface area contributed by atoms with Crippen molar-refractivity contribution in [2.24, 2.45) is 5.92 Å². The summed E-state index contributed by atoms with van der Waals surface area (Å²) < 4.78 is 41.0. The largest absolute Gasteiger partial charge is 0.411 e. The average Bonchev–Trinajstić information content (AvgIpc) is 2.17. The Morgan fingerprint density at radius 3 is 2.44 bits per heavy atom. The van der Waals surface area contributed by atoms with Gasteiger partial charge in [-0.05, 0) is 18.1 Å². The summed E-state index contributed by atoms with van der Waals surface area (Å²) in [5.41, 5.74) is 0.529. The summed E-state index contributed by atoms with van der Waals surface area (Å²) in [7, 11) is 0. The van der Waals surface area contributed by atoms with E-state index < -0.39 is 18.9 Å². The monoisotopic (exact) mass is 233 g/mol. The minimum atomic E-state index is -4.30. The lowest BCUT2D eigenvalue weighted by molar-refractivity contribution is -0.190. The summed E-state index contributed by atoms with van der Waals surface area (Å²) in [4.78, 5) is 4.01. The summed E-state index contributed by atoms with van der Waals surface area (Å²) in [6.45, 7) is 2.36. The lowest BCUT2D eigenvalue weighted by Gasteiger charge is -2.21. The molecule has 16 heavy (non-hydrogen) atoms. The first kappa shape index (κ1) is 13.0. The molecule has 0 radical (unpaired) electrons. The van der Waals surface area contributed by atoms with Gasteiger partial charge in [-0.15, -0.1) is 0 Å². The van der Waals surface area contributed by atoms with Gasteiger partial charge in [0, 0.05) is 6.20 Å². The third kappa shape index (κ3) is 4.18. The highest BCUT2D eigenvalue weighted by atomic mass is 19.4. The van der Waals surface area contributed by atoms with Gasteiger partial charge in [-0.3, -0.25) is 4.98 Å². The van der Waals surface area contributed by atoms with Gasteiger partial charge in [-0.25, -0.2) is 0 Å². The van der Waals surface area contributed by atoms with Gasteiger partial charge >= 0.3 is 6.18 Å². The molecule has 1 aromatic heterocycles. The van der Waals surface area contributed by atoms with Crippen molar-refractivity contribution in [2.75, 3.05) is 6.61 Å². The summed E-state index contributed by atoms with van der Waals surface area (Å²) in [6, 6.07) is 5.11. The maximum atomic E-state index is 12.0. The number of hydrogen-bond acceptors (Lipinski definition) is 2. The number of pyridine rings is 1. The van der Waals surface area contributed by atoms with Crippen molar-refractivity contribution in [3.63, 3.8) is 0 Å². The molecule has 90 valence electrons. The molecule has 0 spiro atoms. The Balaban J connectivity index is 2.70. The Hall–Kier alpha value is -1.10. The van der Waals surface area contributed by atoms with E-state index in [0.29, 0.717) is 5.69 Å². The standard InChI is InChI=1S/C11H14F3NO/c1-8(2)10(16-7-11(12,13)14)9-5-3-4-6-15-9/h3-6,8,10H,7H2,1-2H3. The van der Waals surface area contributed by atoms with E-state index in [1.54, 1.807) is 38.2 Å². The molecule has 1 unspecified atom stereocenters. The third-order valence-corrected chi connectivity index (χ3v) is 2.01. The molecule has 0 aliphatic heterocycles. The number of rotatable bonds is 4. The van der Waals surface area contributed by atoms with Gasteiger partial charge in [-0.1, -0.05) is 19.9 Å². The predicted molar refractivity (Wildman–Crippen MR) is 53.8 cm³/mol. The van der Waals surface area contributed by atoms with Crippen LogP contribution in [0.5, 0.6) is 0 Å². The Bertz CT molecular complexity index is 311. The zero-order chi connectivity index (χ0) is 12.2. The molecular formula is C11H14F3NO. The van der Waals surface area contributed by atoms with Crippen LogP contribution < -0.4 is 0 Å². The van der Waals surface area contributed by atoms with Crippen molar-refractivity contribution in [1.29, 1.82) is 0 Å². The van der Waals surface area contributed by atoms with Gasteiger partial charge in [0.05, 0.1) is 5.69 Å². The maximum Gasteiger partial charge on any atom is 0.411 e. The second-order valence-electron chi connectivity index (χ2n) is 3.85. The zero-order valence-electron chi connectivity index (χ0n) is 9.16. The molecule has 0 amide bonds. The smallest absolute Gasteiger partial charge is 0.362 e. The van der Waals surface area contributed by atoms with Crippen LogP contribution in [-0.2, 0) is 4.74 Å². The van der Waals surface area contributed by atoms with Gasteiger partial charge in [0.15, 0.2) is 0 Å². The molecule has 1 aromatic rings. The Morgan fingerprint density at radius 2 is 2.00 bits per heavy atom. The molecule has 0 bridgehead atoms. The molecule has 1 rings (SSSR count). The molecule has 0 aliphatic rings. The van der Waals surface area contributed by atoms with Crippen LogP contribution in [-0.4, -0.2) is 17.8 Å². The highest BCUT2D eigenvalue weighted by Crippen LogP contribution is 2.26. The normalized spacial score (nSPS) is 14.1. The fraction of sp³-hybridized carbons (Fsp3) is 0.545. The molecule has 0 fully saturated rings. The number of alkyl halides is 3. The summed E-state index contributed by atoms with van der Waals surface area (Å²) in [5.74, 6) is -0.0581. The molecular weight excluding hydrogens is 219 g/mol. The Labute approximate surface area is 92.5 Å². The topological polar surface area (TPSA) is 22.1 Å². The molecule has 0 saturated carbocycles. The number of hydrogen-bond donors (Lipinski definition) is 0. The number of ether oxygens (including phenoxy) is 1. The van der Waals surface area contributed by atoms with Gasteiger partial charge in [0.2, 0.25) is 0 Å². The van der Waals surface area contributed by atoms with E-state index in [0.717, 1.165) is 0 Å². The predicted octanol–water partition coefficient (Wildman–Crippen LogP) is 3.36. The van der Waals surface area contributed by atoms with E-state index >= 15 is 0 Å². The van der Waals surface area contributed by atoms with E-state index in [4.69, 9.17) is 4.74 Å². The van der Waals surface area contributed by atoms with Crippen molar-refractivity contribution < 1.29 is 17.9 Å². The Kier molecular flexibility index (Phi) is 4.29. The fourth-order valence-electron chi connectivity index (χ4n) is 1.35. The molecule has 1 atom stereocenters. The first-order chi connectivity index (χ1) is 7.40. The van der Waals surface area contributed by atoms with Crippen molar-refractivity contribution in [1.82, 2.24) is 4.98 Å². The van der Waals surface area contributed by atoms with Crippen LogP contribution in [0.1, 0.15) is 25.6 Å². The summed E-state index contributed by atoms with van der Waals surface area (Å²) >= 11 is 0. The van der Waals surface area contributed by atoms with Crippen molar-refractivity contribution in [3.05, 3.63) is 30.1 Å². The van der Waals surface area contributed by atoms with Crippen LogP contribution in [0, 0.1) is 5.92 Å². The lowest BCUT2D eigenvalue weighted by Crippen LogP contribution is -2.22. The second-order valence-corrected chi connectivity index (χ2v) is 3.85. The Morgan fingerprint density at radius 1 is 1.31 bits per heavy atom. The summed E-state index contributed by atoms with van der Waals surface area (Å²) in [5, 5.41) is 0. The second kappa shape index (κ2) is 5.30. The highest BCUT2D eigenvalue weighted by molar-refractivity contribution is 5.07. The number of halogens is 3. The van der Waals surface area contributed by atoms with Crippen molar-refractivity contribution >= 4 is 0 Å². The van der Waals surface area contributed by atoms with E-state index in [-0.39, 0.29) is 5.92 Å². The van der Waals surface area contributed by atoms with Gasteiger partial charge in [-0.2, -0.15) is 13.2 Å². The van der Waals surface area contributed by atoms with Gasteiger partial charge < -0.3 is 4.74 Å². The van der Waals surface area contributed by atoms with Crippen molar-refractivity contribution in [2.45, 2.75) is 26.1 Å². The van der Waals surface area contributed by atoms with Crippen LogP contribution in [0.4, 0.5) is 13.2 Å². The zero-order valence-corrected chi connectivity index (χ0v) is 9.16. The van der Waals surface area contributed by atoms with E-state index in [1.165, 1.54) is 0 Å². The van der Waals surface area contributed by atoms with Crippen LogP contribution in [0.25, 0.3) is 0 Å². The molecule has 1 heterocycles. The molecule has 5 heteroatoms. The van der Waals surface area contributed by atoms with Gasteiger partial charge in [0.25, 0.3) is 0 Å². The van der Waals surface area contributed by atoms with E-state index in [1.807, 2.05) is 0 Å². The molecule has 0 aromatic carbocycles. The molecule has 0 saturated heterocycles. The van der Waals surface area contributed by atoms with Crippen LogP contribution in [0.3, 0.4) is 0 Å². The maximum absolute atomic E-state index is 12.0. The van der Waals surface area contributed by atoms with Crippen LogP contribution in [0.2, 0.25) is 0 Å². The lowest BCUT2D eigenvalue weighted by atomic mass is 10.0. The average molecular weight is 233 g/mol. The SMILES string of the molecule is CC(C)C(OCC(F)(F)F)c1ccccn1. The minimum Gasteiger partial charge on any atom is -0.362 e. The quantitative estimate of drug-likeness (QED) is 0.795. The highest BCUT2D eigenvalue weighted by Gasteiger charge is 2.30. The van der Waals surface area contributed by atoms with Crippen LogP contribution in [0.15, 0.2) is 24.4 Å². The molecule has 2 nitrogen and oxygen atoms in total. The van der Waals surface area contributed by atoms with Crippen LogP contribution >= 0.6 is 0 Å². The van der Waals surface area contributed by atoms with E-state index in [9.17, 15) is 13.2 Å². The van der Waals surface area contributed by atoms with E-state index in [2.05, 4.69) is 4.98 Å². The fourth-order valence-corrected chi connectivity index (χ4v) is 1.35. The summed E-state index contributed by atoms with van der Waals surface area (Å²) in [6.07, 6.45) is -3.38. The number of aromatic nitrogens is 1. The minimum absolute atomic E-state index is 0.0581. The first-order valence-electron chi connectivity index (χ1n) is 4.99. The molecule has 0 N–H and O–H groups in total. The first-order valence-corrected chi connectivity index (χ1v) is 4.99. The van der Waals surface area contributed by atoms with Crippen molar-refractivity contribution in [3.8, 4) is 0 Å². The third-order valence-electron chi connectivity index (χ3n) is 2.01. The van der Waals surface area contributed by atoms with Gasteiger partial charge in [0.1, 0.15) is 12.7 Å².